The van der Waals surface area contributed by atoms with E-state index >= 15 is 0 Å². The van der Waals surface area contributed by atoms with E-state index in [9.17, 15) is 8.78 Å². The predicted octanol–water partition coefficient (Wildman–Crippen LogP) is 4.99. The summed E-state index contributed by atoms with van der Waals surface area (Å²) in [6.45, 7) is 6.05. The third-order valence-corrected chi connectivity index (χ3v) is 5.26. The lowest BCUT2D eigenvalue weighted by molar-refractivity contribution is 0.283. The predicted molar refractivity (Wildman–Crippen MR) is 129 cm³/mol. The smallest absolute Gasteiger partial charge is 0.130 e. The van der Waals surface area contributed by atoms with Crippen LogP contribution in [-0.4, -0.2) is 11.7 Å². The fourth-order valence-electron chi connectivity index (χ4n) is 3.16. The second kappa shape index (κ2) is 9.91. The minimum Gasteiger partial charge on any atom is -0.489 e. The van der Waals surface area contributed by atoms with Gasteiger partial charge in [0.25, 0.3) is 0 Å². The van der Waals surface area contributed by atoms with Crippen LogP contribution in [0.4, 0.5) is 8.78 Å². The van der Waals surface area contributed by atoms with Gasteiger partial charge in [-0.2, -0.15) is 0 Å². The number of halogens is 2. The zero-order valence-electron chi connectivity index (χ0n) is 19.3. The monoisotopic (exact) mass is 466 g/mol. The summed E-state index contributed by atoms with van der Waals surface area (Å²) in [7, 11) is 0. The van der Waals surface area contributed by atoms with E-state index in [4.69, 9.17) is 31.8 Å². The van der Waals surface area contributed by atoms with Gasteiger partial charge in [-0.3, -0.25) is 10.8 Å². The van der Waals surface area contributed by atoms with Gasteiger partial charge < -0.3 is 20.9 Å². The van der Waals surface area contributed by atoms with Crippen molar-refractivity contribution in [3.05, 3.63) is 94.0 Å². The Morgan fingerprint density at radius 2 is 1.15 bits per heavy atom. The highest BCUT2D eigenvalue weighted by atomic mass is 19.1. The van der Waals surface area contributed by atoms with Crippen LogP contribution in [0.3, 0.4) is 0 Å². The standard InChI is InChI=1S/C26H28F2N4O2/c1-26(2,3)19-10-20(33-13-17-6-4-15(24(29)30)8-22(17)27)12-21(11-19)34-14-18-7-5-16(25(31)32)9-23(18)28/h4-12H,13-14H2,1-3H3,(H3,29,30)(H3,31,32). The molecular weight excluding hydrogens is 438 g/mol. The van der Waals surface area contributed by atoms with Crippen LogP contribution >= 0.6 is 0 Å². The highest BCUT2D eigenvalue weighted by molar-refractivity contribution is 5.95. The van der Waals surface area contributed by atoms with Gasteiger partial charge in [-0.05, 0) is 35.2 Å². The van der Waals surface area contributed by atoms with Crippen molar-refractivity contribution in [3.63, 3.8) is 0 Å². The first-order valence-electron chi connectivity index (χ1n) is 10.6. The van der Waals surface area contributed by atoms with Gasteiger partial charge >= 0.3 is 0 Å². The Bertz CT molecular complexity index is 1150. The van der Waals surface area contributed by atoms with E-state index in [0.717, 1.165) is 5.56 Å². The summed E-state index contributed by atoms with van der Waals surface area (Å²) >= 11 is 0. The molecule has 0 unspecified atom stereocenters. The van der Waals surface area contributed by atoms with Crippen molar-refractivity contribution in [1.82, 2.24) is 0 Å². The number of ether oxygens (including phenoxy) is 2. The van der Waals surface area contributed by atoms with Gasteiger partial charge in [0.05, 0.1) is 0 Å². The number of hydrogen-bond acceptors (Lipinski definition) is 4. The Kier molecular flexibility index (Phi) is 7.20. The van der Waals surface area contributed by atoms with Crippen LogP contribution in [0.5, 0.6) is 11.5 Å². The summed E-state index contributed by atoms with van der Waals surface area (Å²) in [5, 5.41) is 14.8. The number of amidine groups is 2. The molecule has 0 aliphatic carbocycles. The molecule has 3 aromatic carbocycles. The van der Waals surface area contributed by atoms with Crippen molar-refractivity contribution in [2.24, 2.45) is 11.5 Å². The second-order valence-corrected chi connectivity index (χ2v) is 8.96. The molecule has 0 heterocycles. The molecule has 0 amide bonds. The van der Waals surface area contributed by atoms with Crippen molar-refractivity contribution < 1.29 is 18.3 Å². The third kappa shape index (κ3) is 6.10. The van der Waals surface area contributed by atoms with E-state index < -0.39 is 11.6 Å². The summed E-state index contributed by atoms with van der Waals surface area (Å²) < 4.78 is 40.4. The molecule has 0 radical (unpaired) electrons. The molecule has 3 rings (SSSR count). The molecule has 178 valence electrons. The zero-order valence-corrected chi connectivity index (χ0v) is 19.3. The molecule has 0 saturated carbocycles. The summed E-state index contributed by atoms with van der Waals surface area (Å²) in [4.78, 5) is 0. The average Bonchev–Trinajstić information content (AvgIpc) is 2.76. The highest BCUT2D eigenvalue weighted by Gasteiger charge is 2.17. The minimum absolute atomic E-state index is 0.0296. The molecule has 0 spiro atoms. The SMILES string of the molecule is CC(C)(C)c1cc(OCc2ccc(C(=N)N)cc2F)cc(OCc2ccc(C(=N)N)cc2F)c1. The number of nitrogens with two attached hydrogens (primary N) is 2. The van der Waals surface area contributed by atoms with Gasteiger partial charge in [-0.1, -0.05) is 45.0 Å². The number of hydrogen-bond donors (Lipinski definition) is 4. The molecule has 0 aliphatic rings. The lowest BCUT2D eigenvalue weighted by atomic mass is 9.87. The maximum Gasteiger partial charge on any atom is 0.130 e. The van der Waals surface area contributed by atoms with Crippen LogP contribution in [0, 0.1) is 22.5 Å². The molecule has 0 aliphatic heterocycles. The van der Waals surface area contributed by atoms with Crippen LogP contribution in [0.2, 0.25) is 0 Å². The number of benzene rings is 3. The van der Waals surface area contributed by atoms with E-state index in [0.29, 0.717) is 33.8 Å². The summed E-state index contributed by atoms with van der Waals surface area (Å²) in [6, 6.07) is 14.0. The molecule has 0 atom stereocenters. The van der Waals surface area contributed by atoms with Crippen molar-refractivity contribution in [2.45, 2.75) is 39.4 Å². The Labute approximate surface area is 197 Å². The molecule has 6 N–H and O–H groups in total. The number of nitrogen functional groups attached to an aromatic ring is 2. The number of nitrogens with one attached hydrogen (secondary N) is 2. The first kappa shape index (κ1) is 24.7. The van der Waals surface area contributed by atoms with E-state index in [-0.39, 0.29) is 30.3 Å². The minimum atomic E-state index is -0.513. The van der Waals surface area contributed by atoms with E-state index in [1.54, 1.807) is 18.2 Å². The van der Waals surface area contributed by atoms with Gasteiger partial charge in [0.1, 0.15) is 48.0 Å². The summed E-state index contributed by atoms with van der Waals surface area (Å²) in [5.41, 5.74) is 12.8. The van der Waals surface area contributed by atoms with Crippen molar-refractivity contribution in [1.29, 1.82) is 10.8 Å². The fraction of sp³-hybridized carbons (Fsp3) is 0.231. The topological polar surface area (TPSA) is 118 Å². The quantitative estimate of drug-likeness (QED) is 0.276. The Hall–Kier alpha value is -3.94. The molecule has 34 heavy (non-hydrogen) atoms. The summed E-state index contributed by atoms with van der Waals surface area (Å²) in [5.74, 6) is -0.493. The highest BCUT2D eigenvalue weighted by Crippen LogP contribution is 2.32. The molecule has 0 saturated heterocycles. The Morgan fingerprint density at radius 3 is 1.47 bits per heavy atom. The molecule has 8 heteroatoms. The molecule has 3 aromatic rings. The first-order chi connectivity index (χ1) is 15.9. The molecule has 0 fully saturated rings. The van der Waals surface area contributed by atoms with E-state index in [1.165, 1.54) is 24.3 Å². The van der Waals surface area contributed by atoms with Gasteiger partial charge in [-0.25, -0.2) is 8.78 Å². The van der Waals surface area contributed by atoms with E-state index in [1.807, 2.05) is 32.9 Å². The molecular formula is C26H28F2N4O2. The van der Waals surface area contributed by atoms with Crippen molar-refractivity contribution in [3.8, 4) is 11.5 Å². The fourth-order valence-corrected chi connectivity index (χ4v) is 3.16. The first-order valence-corrected chi connectivity index (χ1v) is 10.6. The van der Waals surface area contributed by atoms with Crippen LogP contribution in [0.25, 0.3) is 0 Å². The molecule has 6 nitrogen and oxygen atoms in total. The van der Waals surface area contributed by atoms with Gasteiger partial charge in [0, 0.05) is 28.3 Å². The summed E-state index contributed by atoms with van der Waals surface area (Å²) in [6.07, 6.45) is 0. The number of rotatable bonds is 8. The lowest BCUT2D eigenvalue weighted by Crippen LogP contribution is -2.13. The van der Waals surface area contributed by atoms with Crippen LogP contribution < -0.4 is 20.9 Å². The molecule has 0 aromatic heterocycles. The van der Waals surface area contributed by atoms with Gasteiger partial charge in [0.15, 0.2) is 0 Å². The lowest BCUT2D eigenvalue weighted by Gasteiger charge is -2.21. The average molecular weight is 467 g/mol. The molecule has 0 bridgehead atoms. The third-order valence-electron chi connectivity index (χ3n) is 5.26. The van der Waals surface area contributed by atoms with Gasteiger partial charge in [0.2, 0.25) is 0 Å². The van der Waals surface area contributed by atoms with Crippen molar-refractivity contribution in [2.75, 3.05) is 0 Å². The maximum absolute atomic E-state index is 14.4. The van der Waals surface area contributed by atoms with Gasteiger partial charge in [-0.15, -0.1) is 0 Å². The van der Waals surface area contributed by atoms with Crippen LogP contribution in [-0.2, 0) is 18.6 Å². The zero-order chi connectivity index (χ0) is 25.0. The van der Waals surface area contributed by atoms with E-state index in [2.05, 4.69) is 0 Å². The van der Waals surface area contributed by atoms with Crippen LogP contribution in [0.15, 0.2) is 54.6 Å². The van der Waals surface area contributed by atoms with Crippen LogP contribution in [0.1, 0.15) is 48.6 Å². The normalized spacial score (nSPS) is 11.2. The Balaban J connectivity index is 1.80. The second-order valence-electron chi connectivity index (χ2n) is 8.96. The van der Waals surface area contributed by atoms with Crippen molar-refractivity contribution >= 4 is 11.7 Å². The Morgan fingerprint density at radius 1 is 0.735 bits per heavy atom. The largest absolute Gasteiger partial charge is 0.489 e. The maximum atomic E-state index is 14.4.